The molecule has 0 aliphatic heterocycles. The Morgan fingerprint density at radius 3 is 2.53 bits per heavy atom. The van der Waals surface area contributed by atoms with E-state index in [9.17, 15) is 14.9 Å². The number of aryl methyl sites for hydroxylation is 2. The van der Waals surface area contributed by atoms with Crippen molar-refractivity contribution in [2.75, 3.05) is 12.4 Å². The number of non-ortho nitro benzene ring substituents is 1. The molecule has 32 heavy (non-hydrogen) atoms. The zero-order valence-electron chi connectivity index (χ0n) is 17.9. The van der Waals surface area contributed by atoms with Crippen LogP contribution in [0, 0.1) is 24.0 Å². The van der Waals surface area contributed by atoms with Crippen LogP contribution in [-0.4, -0.2) is 22.9 Å². The number of benzene rings is 3. The largest absolute Gasteiger partial charge is 0.495 e. The van der Waals surface area contributed by atoms with Gasteiger partial charge in [-0.05, 0) is 37.6 Å². The van der Waals surface area contributed by atoms with E-state index in [2.05, 4.69) is 11.4 Å². The third kappa shape index (κ3) is 4.00. The molecule has 1 aromatic heterocycles. The van der Waals surface area contributed by atoms with Crippen molar-refractivity contribution in [3.63, 3.8) is 0 Å². The molecule has 3 aromatic carbocycles. The molecule has 0 atom stereocenters. The summed E-state index contributed by atoms with van der Waals surface area (Å²) in [7, 11) is 1.44. The lowest BCUT2D eigenvalue weighted by atomic mass is 9.99. The second kappa shape index (κ2) is 8.47. The summed E-state index contributed by atoms with van der Waals surface area (Å²) >= 11 is 0. The van der Waals surface area contributed by atoms with Gasteiger partial charge >= 0.3 is 0 Å². The first-order chi connectivity index (χ1) is 15.4. The van der Waals surface area contributed by atoms with Gasteiger partial charge < -0.3 is 10.1 Å². The Kier molecular flexibility index (Phi) is 5.55. The molecule has 0 radical (unpaired) electrons. The first-order valence-corrected chi connectivity index (χ1v) is 9.98. The zero-order valence-corrected chi connectivity index (χ0v) is 17.9. The zero-order chi connectivity index (χ0) is 22.8. The Hall–Kier alpha value is -4.26. The third-order valence-electron chi connectivity index (χ3n) is 5.26. The number of nitro groups is 1. The first-order valence-electron chi connectivity index (χ1n) is 9.98. The number of nitrogens with zero attached hydrogens (tertiary/aromatic N) is 2. The van der Waals surface area contributed by atoms with Gasteiger partial charge in [0, 0.05) is 23.1 Å². The lowest BCUT2D eigenvalue weighted by Gasteiger charge is -2.13. The van der Waals surface area contributed by atoms with Crippen LogP contribution in [-0.2, 0) is 0 Å². The van der Waals surface area contributed by atoms with Crippen LogP contribution in [0.15, 0.2) is 66.7 Å². The number of methoxy groups -OCH3 is 1. The van der Waals surface area contributed by atoms with Gasteiger partial charge in [0.15, 0.2) is 0 Å². The molecule has 0 saturated carbocycles. The molecule has 0 saturated heterocycles. The van der Waals surface area contributed by atoms with E-state index >= 15 is 0 Å². The van der Waals surface area contributed by atoms with Crippen LogP contribution in [0.3, 0.4) is 0 Å². The number of carbonyl (C=O) groups excluding carboxylic acids is 1. The number of amides is 1. The molecule has 0 aliphatic rings. The van der Waals surface area contributed by atoms with Gasteiger partial charge in [0.2, 0.25) is 0 Å². The minimum absolute atomic E-state index is 0.142. The second-order valence-electron chi connectivity index (χ2n) is 7.49. The quantitative estimate of drug-likeness (QED) is 0.326. The first kappa shape index (κ1) is 21.0. The summed E-state index contributed by atoms with van der Waals surface area (Å²) in [5.41, 5.74) is 4.99. The summed E-state index contributed by atoms with van der Waals surface area (Å²) in [4.78, 5) is 28.8. The molecule has 0 spiro atoms. The normalized spacial score (nSPS) is 10.7. The minimum Gasteiger partial charge on any atom is -0.495 e. The van der Waals surface area contributed by atoms with Crippen molar-refractivity contribution in [1.29, 1.82) is 0 Å². The number of carbonyl (C=O) groups is 1. The Labute approximate surface area is 184 Å². The maximum atomic E-state index is 13.3. The molecule has 7 heteroatoms. The average molecular weight is 427 g/mol. The fourth-order valence-corrected chi connectivity index (χ4v) is 3.70. The highest BCUT2D eigenvalue weighted by Gasteiger charge is 2.18. The molecular formula is C25H21N3O4. The topological polar surface area (TPSA) is 94.4 Å². The van der Waals surface area contributed by atoms with E-state index < -0.39 is 10.8 Å². The predicted molar refractivity (Wildman–Crippen MR) is 124 cm³/mol. The summed E-state index contributed by atoms with van der Waals surface area (Å²) in [5.74, 6) is -0.0784. The molecule has 4 aromatic rings. The maximum absolute atomic E-state index is 13.3. The van der Waals surface area contributed by atoms with E-state index in [1.165, 1.54) is 25.3 Å². The van der Waals surface area contributed by atoms with E-state index in [1.54, 1.807) is 6.07 Å². The van der Waals surface area contributed by atoms with Crippen LogP contribution in [0.1, 0.15) is 21.5 Å². The maximum Gasteiger partial charge on any atom is 0.271 e. The number of ether oxygens (including phenoxy) is 1. The van der Waals surface area contributed by atoms with E-state index in [-0.39, 0.29) is 11.4 Å². The number of aromatic nitrogens is 1. The number of hydrogen-bond donors (Lipinski definition) is 1. The van der Waals surface area contributed by atoms with Crippen molar-refractivity contribution in [2.24, 2.45) is 0 Å². The van der Waals surface area contributed by atoms with Gasteiger partial charge in [-0.2, -0.15) is 0 Å². The number of para-hydroxylation sites is 1. The Morgan fingerprint density at radius 2 is 1.81 bits per heavy atom. The van der Waals surface area contributed by atoms with Gasteiger partial charge in [0.05, 0.1) is 34.5 Å². The highest BCUT2D eigenvalue weighted by Crippen LogP contribution is 2.31. The van der Waals surface area contributed by atoms with E-state index in [1.807, 2.05) is 50.2 Å². The Morgan fingerprint density at radius 1 is 1.03 bits per heavy atom. The molecule has 0 bridgehead atoms. The van der Waals surface area contributed by atoms with Crippen LogP contribution < -0.4 is 10.1 Å². The standard InChI is InChI=1S/C25H21N3O4/c1-15-8-10-18(16(2)12-15)22-14-20(19-6-4-5-7-21(19)26-22)25(29)27-23-13-17(28(30)31)9-11-24(23)32-3/h4-14H,1-3H3,(H,27,29). The van der Waals surface area contributed by atoms with E-state index in [4.69, 9.17) is 9.72 Å². The van der Waals surface area contributed by atoms with Crippen LogP contribution in [0.25, 0.3) is 22.2 Å². The van der Waals surface area contributed by atoms with Gasteiger partial charge in [-0.1, -0.05) is 42.0 Å². The molecule has 7 nitrogen and oxygen atoms in total. The Bertz CT molecular complexity index is 1360. The lowest BCUT2D eigenvalue weighted by Crippen LogP contribution is -2.14. The van der Waals surface area contributed by atoms with Crippen LogP contribution in [0.2, 0.25) is 0 Å². The van der Waals surface area contributed by atoms with E-state index in [0.717, 1.165) is 16.7 Å². The van der Waals surface area contributed by atoms with Gasteiger partial charge in [0.25, 0.3) is 11.6 Å². The van der Waals surface area contributed by atoms with Gasteiger partial charge in [0.1, 0.15) is 5.75 Å². The molecular weight excluding hydrogens is 406 g/mol. The third-order valence-corrected chi connectivity index (χ3v) is 5.26. The number of hydrogen-bond acceptors (Lipinski definition) is 5. The number of nitrogens with one attached hydrogen (secondary N) is 1. The number of rotatable bonds is 5. The number of pyridine rings is 1. The molecule has 1 N–H and O–H groups in total. The summed E-state index contributed by atoms with van der Waals surface area (Å²) < 4.78 is 5.27. The van der Waals surface area contributed by atoms with E-state index in [0.29, 0.717) is 27.9 Å². The van der Waals surface area contributed by atoms with Crippen LogP contribution in [0.4, 0.5) is 11.4 Å². The molecule has 4 rings (SSSR count). The summed E-state index contributed by atoms with van der Waals surface area (Å²) in [6.07, 6.45) is 0. The fourth-order valence-electron chi connectivity index (χ4n) is 3.70. The van der Waals surface area contributed by atoms with Gasteiger partial charge in [-0.25, -0.2) is 4.98 Å². The Balaban J connectivity index is 1.83. The predicted octanol–water partition coefficient (Wildman–Crippen LogP) is 5.69. The summed E-state index contributed by atoms with van der Waals surface area (Å²) in [5, 5.41) is 14.6. The highest BCUT2D eigenvalue weighted by atomic mass is 16.6. The molecule has 1 heterocycles. The van der Waals surface area contributed by atoms with Crippen molar-refractivity contribution in [3.8, 4) is 17.0 Å². The molecule has 0 unspecified atom stereocenters. The molecule has 0 fully saturated rings. The lowest BCUT2D eigenvalue weighted by molar-refractivity contribution is -0.384. The average Bonchev–Trinajstić information content (AvgIpc) is 2.78. The van der Waals surface area contributed by atoms with Gasteiger partial charge in [-0.15, -0.1) is 0 Å². The minimum atomic E-state index is -0.519. The van der Waals surface area contributed by atoms with Crippen LogP contribution >= 0.6 is 0 Å². The van der Waals surface area contributed by atoms with Crippen LogP contribution in [0.5, 0.6) is 5.75 Å². The fraction of sp³-hybridized carbons (Fsp3) is 0.120. The van der Waals surface area contributed by atoms with Crippen molar-refractivity contribution >= 4 is 28.2 Å². The smallest absolute Gasteiger partial charge is 0.271 e. The van der Waals surface area contributed by atoms with Gasteiger partial charge in [-0.3, -0.25) is 14.9 Å². The highest BCUT2D eigenvalue weighted by molar-refractivity contribution is 6.13. The van der Waals surface area contributed by atoms with Crippen molar-refractivity contribution < 1.29 is 14.5 Å². The molecule has 1 amide bonds. The summed E-state index contributed by atoms with van der Waals surface area (Å²) in [6.45, 7) is 4.03. The van der Waals surface area contributed by atoms with Crippen molar-refractivity contribution in [3.05, 3.63) is 93.5 Å². The SMILES string of the molecule is COc1ccc([N+](=O)[O-])cc1NC(=O)c1cc(-c2ccc(C)cc2C)nc2ccccc12. The monoisotopic (exact) mass is 427 g/mol. The number of anilines is 1. The number of nitro benzene ring substituents is 1. The number of fused-ring (bicyclic) bond motifs is 1. The second-order valence-corrected chi connectivity index (χ2v) is 7.49. The molecule has 0 aliphatic carbocycles. The molecule has 160 valence electrons. The summed E-state index contributed by atoms with van der Waals surface area (Å²) in [6, 6.07) is 19.3. The van der Waals surface area contributed by atoms with Crippen molar-refractivity contribution in [2.45, 2.75) is 13.8 Å². The van der Waals surface area contributed by atoms with Crippen molar-refractivity contribution in [1.82, 2.24) is 4.98 Å².